The largest absolute Gasteiger partial charge is 0.264 e. The van der Waals surface area contributed by atoms with Crippen molar-refractivity contribution in [3.63, 3.8) is 0 Å². The number of hydrogen-bond donors (Lipinski definition) is 0. The molecule has 0 bridgehead atoms. The third-order valence-electron chi connectivity index (χ3n) is 2.23. The van der Waals surface area contributed by atoms with Gasteiger partial charge in [-0.05, 0) is 24.3 Å². The molecule has 0 saturated heterocycles. The van der Waals surface area contributed by atoms with Gasteiger partial charge in [-0.1, -0.05) is 6.07 Å². The van der Waals surface area contributed by atoms with Gasteiger partial charge in [0.2, 0.25) is 0 Å². The van der Waals surface area contributed by atoms with Crippen molar-refractivity contribution in [1.29, 1.82) is 0 Å². The Morgan fingerprint density at radius 2 is 2.07 bits per heavy atom. The maximum absolute atomic E-state index is 4.33. The molecule has 0 amide bonds. The van der Waals surface area contributed by atoms with Gasteiger partial charge in [0, 0.05) is 28.7 Å². The first-order valence-corrected chi connectivity index (χ1v) is 5.50. The van der Waals surface area contributed by atoms with Gasteiger partial charge in [-0.3, -0.25) is 9.97 Å². The molecule has 0 fully saturated rings. The molecule has 3 heteroatoms. The lowest BCUT2D eigenvalue weighted by Gasteiger charge is -1.92. The van der Waals surface area contributed by atoms with Gasteiger partial charge >= 0.3 is 0 Å². The van der Waals surface area contributed by atoms with Crippen LogP contribution in [0.1, 0.15) is 0 Å². The number of rotatable bonds is 1. The summed E-state index contributed by atoms with van der Waals surface area (Å²) in [6.45, 7) is 0. The SMILES string of the molecule is c1ccc(-c2cc3cnccc3s2)nc1. The maximum Gasteiger partial charge on any atom is 0.0802 e. The molecule has 3 aromatic rings. The average molecular weight is 212 g/mol. The first-order valence-electron chi connectivity index (χ1n) is 4.68. The Labute approximate surface area is 91.2 Å². The fourth-order valence-electron chi connectivity index (χ4n) is 1.52. The molecule has 3 rings (SSSR count). The van der Waals surface area contributed by atoms with E-state index in [1.807, 2.05) is 42.9 Å². The summed E-state index contributed by atoms with van der Waals surface area (Å²) in [6.07, 6.45) is 5.53. The third-order valence-corrected chi connectivity index (χ3v) is 3.37. The third kappa shape index (κ3) is 1.51. The van der Waals surface area contributed by atoms with Crippen molar-refractivity contribution in [1.82, 2.24) is 9.97 Å². The Kier molecular flexibility index (Phi) is 1.96. The monoisotopic (exact) mass is 212 g/mol. The topological polar surface area (TPSA) is 25.8 Å². The molecule has 3 aromatic heterocycles. The van der Waals surface area contributed by atoms with Gasteiger partial charge in [0.25, 0.3) is 0 Å². The maximum atomic E-state index is 4.33. The van der Waals surface area contributed by atoms with E-state index in [1.54, 1.807) is 11.3 Å². The zero-order valence-corrected chi connectivity index (χ0v) is 8.74. The fraction of sp³-hybridized carbons (Fsp3) is 0. The normalized spacial score (nSPS) is 10.7. The summed E-state index contributed by atoms with van der Waals surface area (Å²) in [5.74, 6) is 0. The first-order chi connectivity index (χ1) is 7.43. The minimum absolute atomic E-state index is 1.03. The zero-order valence-electron chi connectivity index (χ0n) is 7.92. The smallest absolute Gasteiger partial charge is 0.0802 e. The molecule has 0 N–H and O–H groups in total. The van der Waals surface area contributed by atoms with Crippen LogP contribution in [0, 0.1) is 0 Å². The van der Waals surface area contributed by atoms with E-state index in [9.17, 15) is 0 Å². The fourth-order valence-corrected chi connectivity index (χ4v) is 2.53. The summed E-state index contributed by atoms with van der Waals surface area (Å²) in [4.78, 5) is 9.63. The van der Waals surface area contributed by atoms with E-state index >= 15 is 0 Å². The van der Waals surface area contributed by atoms with Crippen LogP contribution in [0.15, 0.2) is 48.9 Å². The lowest BCUT2D eigenvalue weighted by Crippen LogP contribution is -1.75. The second-order valence-electron chi connectivity index (χ2n) is 3.24. The summed E-state index contributed by atoms with van der Waals surface area (Å²) in [6, 6.07) is 10.1. The van der Waals surface area contributed by atoms with Crippen molar-refractivity contribution in [2.24, 2.45) is 0 Å². The van der Waals surface area contributed by atoms with Crippen molar-refractivity contribution < 1.29 is 0 Å². The molecule has 0 aliphatic carbocycles. The summed E-state index contributed by atoms with van der Waals surface area (Å²) >= 11 is 1.75. The molecule has 0 spiro atoms. The van der Waals surface area contributed by atoms with Crippen molar-refractivity contribution in [2.45, 2.75) is 0 Å². The molecule has 0 unspecified atom stereocenters. The van der Waals surface area contributed by atoms with Gasteiger partial charge in [0.1, 0.15) is 0 Å². The second-order valence-corrected chi connectivity index (χ2v) is 4.32. The van der Waals surface area contributed by atoms with Crippen molar-refractivity contribution in [3.8, 4) is 10.6 Å². The lowest BCUT2D eigenvalue weighted by molar-refractivity contribution is 1.34. The number of hydrogen-bond acceptors (Lipinski definition) is 3. The molecule has 0 aliphatic heterocycles. The minimum atomic E-state index is 1.03. The van der Waals surface area contributed by atoms with Gasteiger partial charge in [-0.25, -0.2) is 0 Å². The summed E-state index contributed by atoms with van der Waals surface area (Å²) in [5, 5.41) is 1.18. The molecule has 3 heterocycles. The molecule has 2 nitrogen and oxygen atoms in total. The standard InChI is InChI=1S/C12H8N2S/c1-2-5-14-10(3-1)12-7-9-8-13-6-4-11(9)15-12/h1-8H. The highest BCUT2D eigenvalue weighted by atomic mass is 32.1. The van der Waals surface area contributed by atoms with Crippen LogP contribution in [0.5, 0.6) is 0 Å². The molecule has 0 atom stereocenters. The predicted molar refractivity (Wildman–Crippen MR) is 62.9 cm³/mol. The van der Waals surface area contributed by atoms with Crippen molar-refractivity contribution >= 4 is 21.4 Å². The number of aromatic nitrogens is 2. The number of thiophene rings is 1. The summed E-state index contributed by atoms with van der Waals surface area (Å²) < 4.78 is 1.26. The quantitative estimate of drug-likeness (QED) is 0.618. The van der Waals surface area contributed by atoms with E-state index in [0.717, 1.165) is 5.69 Å². The lowest BCUT2D eigenvalue weighted by atomic mass is 10.2. The summed E-state index contributed by atoms with van der Waals surface area (Å²) in [7, 11) is 0. The molecule has 15 heavy (non-hydrogen) atoms. The summed E-state index contributed by atoms with van der Waals surface area (Å²) in [5.41, 5.74) is 1.03. The van der Waals surface area contributed by atoms with Crippen LogP contribution in [0.3, 0.4) is 0 Å². The van der Waals surface area contributed by atoms with Crippen LogP contribution in [-0.2, 0) is 0 Å². The molecule has 0 aliphatic rings. The van der Waals surface area contributed by atoms with E-state index in [4.69, 9.17) is 0 Å². The molecule has 0 radical (unpaired) electrons. The van der Waals surface area contributed by atoms with E-state index in [1.165, 1.54) is 15.0 Å². The minimum Gasteiger partial charge on any atom is -0.264 e. The second kappa shape index (κ2) is 3.44. The Balaban J connectivity index is 2.21. The van der Waals surface area contributed by atoms with E-state index in [-0.39, 0.29) is 0 Å². The van der Waals surface area contributed by atoms with Crippen LogP contribution in [0.2, 0.25) is 0 Å². The molecular weight excluding hydrogens is 204 g/mol. The zero-order chi connectivity index (χ0) is 10.1. The Morgan fingerprint density at radius 3 is 2.87 bits per heavy atom. The molecule has 0 saturated carbocycles. The Hall–Kier alpha value is -1.74. The van der Waals surface area contributed by atoms with Gasteiger partial charge in [-0.15, -0.1) is 11.3 Å². The van der Waals surface area contributed by atoms with Crippen LogP contribution < -0.4 is 0 Å². The first kappa shape index (κ1) is 8.56. The van der Waals surface area contributed by atoms with Gasteiger partial charge < -0.3 is 0 Å². The van der Waals surface area contributed by atoms with Gasteiger partial charge in [-0.2, -0.15) is 0 Å². The van der Waals surface area contributed by atoms with Crippen LogP contribution in [0.4, 0.5) is 0 Å². The van der Waals surface area contributed by atoms with E-state index in [2.05, 4.69) is 16.0 Å². The number of nitrogens with zero attached hydrogens (tertiary/aromatic N) is 2. The van der Waals surface area contributed by atoms with E-state index in [0.29, 0.717) is 0 Å². The highest BCUT2D eigenvalue weighted by Crippen LogP contribution is 2.31. The molecule has 72 valence electrons. The number of pyridine rings is 2. The van der Waals surface area contributed by atoms with Crippen molar-refractivity contribution in [3.05, 3.63) is 48.9 Å². The highest BCUT2D eigenvalue weighted by Gasteiger charge is 2.03. The Morgan fingerprint density at radius 1 is 1.07 bits per heavy atom. The predicted octanol–water partition coefficient (Wildman–Crippen LogP) is 3.36. The average Bonchev–Trinajstić information content (AvgIpc) is 2.74. The van der Waals surface area contributed by atoms with Crippen LogP contribution in [0.25, 0.3) is 20.7 Å². The highest BCUT2D eigenvalue weighted by molar-refractivity contribution is 7.22. The Bertz CT molecular complexity index is 554. The molecular formula is C12H8N2S. The van der Waals surface area contributed by atoms with Gasteiger partial charge in [0.05, 0.1) is 10.6 Å². The van der Waals surface area contributed by atoms with Crippen LogP contribution >= 0.6 is 11.3 Å². The molecule has 0 aromatic carbocycles. The van der Waals surface area contributed by atoms with Gasteiger partial charge in [0.15, 0.2) is 0 Å². The van der Waals surface area contributed by atoms with E-state index < -0.39 is 0 Å². The van der Waals surface area contributed by atoms with Crippen LogP contribution in [-0.4, -0.2) is 9.97 Å². The van der Waals surface area contributed by atoms with Crippen molar-refractivity contribution in [2.75, 3.05) is 0 Å². The number of fused-ring (bicyclic) bond motifs is 1.